The van der Waals surface area contributed by atoms with Gasteiger partial charge in [-0.1, -0.05) is 0 Å². The molecule has 1 heterocycles. The summed E-state index contributed by atoms with van der Waals surface area (Å²) < 4.78 is 11.3. The van der Waals surface area contributed by atoms with E-state index in [1.54, 1.807) is 0 Å². The highest BCUT2D eigenvalue weighted by Crippen LogP contribution is 2.39. The number of hydrogen-bond donors (Lipinski definition) is 1. The molecule has 2 aliphatic rings. The first-order valence-corrected chi connectivity index (χ1v) is 6.43. The van der Waals surface area contributed by atoms with Crippen LogP contribution in [0.5, 0.6) is 0 Å². The summed E-state index contributed by atoms with van der Waals surface area (Å²) in [5.74, 6) is 0.0716. The van der Waals surface area contributed by atoms with Gasteiger partial charge in [0.25, 0.3) is 0 Å². The number of carbonyl (C=O) groups is 1. The number of amides is 1. The van der Waals surface area contributed by atoms with Crippen LogP contribution < -0.4 is 5.48 Å². The van der Waals surface area contributed by atoms with Gasteiger partial charge in [0.1, 0.15) is 0 Å². The number of carbonyl (C=O) groups excluding carboxylic acids is 1. The zero-order valence-electron chi connectivity index (χ0n) is 10.4. The molecule has 1 N–H and O–H groups in total. The molecule has 98 valence electrons. The Morgan fingerprint density at radius 3 is 2.59 bits per heavy atom. The Morgan fingerprint density at radius 2 is 2.00 bits per heavy atom. The van der Waals surface area contributed by atoms with Crippen LogP contribution in [0.15, 0.2) is 0 Å². The first kappa shape index (κ1) is 12.8. The molecule has 1 aliphatic carbocycles. The molecule has 1 amide bonds. The summed E-state index contributed by atoms with van der Waals surface area (Å²) in [7, 11) is 0. The van der Waals surface area contributed by atoms with E-state index in [2.05, 4.69) is 5.48 Å². The third kappa shape index (κ3) is 3.40. The van der Waals surface area contributed by atoms with Crippen molar-refractivity contribution in [2.24, 2.45) is 5.92 Å². The van der Waals surface area contributed by atoms with E-state index in [4.69, 9.17) is 14.3 Å². The molecule has 0 aromatic carbocycles. The molecule has 5 nitrogen and oxygen atoms in total. The summed E-state index contributed by atoms with van der Waals surface area (Å²) in [4.78, 5) is 16.4. The molecule has 5 heteroatoms. The van der Waals surface area contributed by atoms with Gasteiger partial charge in [-0.15, -0.1) is 0 Å². The fourth-order valence-corrected chi connectivity index (χ4v) is 2.56. The summed E-state index contributed by atoms with van der Waals surface area (Å²) in [5, 5.41) is 0. The van der Waals surface area contributed by atoms with Crippen LogP contribution in [0.4, 0.5) is 0 Å². The summed E-state index contributed by atoms with van der Waals surface area (Å²) in [5.41, 5.74) is 2.44. The summed E-state index contributed by atoms with van der Waals surface area (Å²) >= 11 is 0. The van der Waals surface area contributed by atoms with E-state index in [-0.39, 0.29) is 11.7 Å². The average Bonchev–Trinajstić information content (AvgIpc) is 2.79. The van der Waals surface area contributed by atoms with E-state index in [0.717, 1.165) is 25.7 Å². The second-order valence-electron chi connectivity index (χ2n) is 4.71. The third-order valence-corrected chi connectivity index (χ3v) is 3.48. The quantitative estimate of drug-likeness (QED) is 0.758. The third-order valence-electron chi connectivity index (χ3n) is 3.48. The highest BCUT2D eigenvalue weighted by Gasteiger charge is 2.40. The Kier molecular flexibility index (Phi) is 4.36. The van der Waals surface area contributed by atoms with Gasteiger partial charge in [-0.25, -0.2) is 5.48 Å². The number of hydrogen-bond acceptors (Lipinski definition) is 4. The summed E-state index contributed by atoms with van der Waals surface area (Å²) in [6.45, 7) is 3.76. The maximum absolute atomic E-state index is 11.5. The van der Waals surface area contributed by atoms with E-state index in [1.165, 1.54) is 0 Å². The highest BCUT2D eigenvalue weighted by atomic mass is 16.7. The molecule has 2 rings (SSSR count). The van der Waals surface area contributed by atoms with E-state index >= 15 is 0 Å². The predicted octanol–water partition coefficient (Wildman–Crippen LogP) is 1.38. The Balaban J connectivity index is 1.70. The minimum Gasteiger partial charge on any atom is -0.348 e. The lowest BCUT2D eigenvalue weighted by molar-refractivity contribution is -0.183. The van der Waals surface area contributed by atoms with Crippen molar-refractivity contribution in [2.75, 3.05) is 19.8 Å². The monoisotopic (exact) mass is 243 g/mol. The molecule has 0 atom stereocenters. The first-order chi connectivity index (χ1) is 8.24. The number of nitrogens with one attached hydrogen (secondary N) is 1. The first-order valence-electron chi connectivity index (χ1n) is 6.43. The largest absolute Gasteiger partial charge is 0.348 e. The van der Waals surface area contributed by atoms with Gasteiger partial charge in [-0.2, -0.15) is 0 Å². The van der Waals surface area contributed by atoms with E-state index in [0.29, 0.717) is 32.2 Å². The Bertz CT molecular complexity index is 253. The molecule has 1 saturated carbocycles. The fourth-order valence-electron chi connectivity index (χ4n) is 2.56. The lowest BCUT2D eigenvalue weighted by Gasteiger charge is -2.35. The highest BCUT2D eigenvalue weighted by molar-refractivity contribution is 5.75. The average molecular weight is 243 g/mol. The molecule has 1 spiro atoms. The van der Waals surface area contributed by atoms with Gasteiger partial charge < -0.3 is 9.47 Å². The van der Waals surface area contributed by atoms with Gasteiger partial charge in [0.15, 0.2) is 5.79 Å². The Labute approximate surface area is 102 Å². The number of ether oxygens (including phenoxy) is 2. The van der Waals surface area contributed by atoms with Crippen LogP contribution in [0.3, 0.4) is 0 Å². The van der Waals surface area contributed by atoms with Crippen LogP contribution in [0, 0.1) is 5.92 Å². The standard InChI is InChI=1S/C12H21NO4/c1-2-17-13-11(14)9-10-3-5-12(6-4-10)15-7-8-16-12/h10H,2-9H2,1H3,(H,13,14). The van der Waals surface area contributed by atoms with Gasteiger partial charge >= 0.3 is 0 Å². The second-order valence-corrected chi connectivity index (χ2v) is 4.71. The molecule has 17 heavy (non-hydrogen) atoms. The maximum Gasteiger partial charge on any atom is 0.243 e. The molecule has 1 saturated heterocycles. The molecule has 0 aromatic rings. The number of hydroxylamine groups is 1. The normalized spacial score (nSPS) is 24.1. The molecule has 1 aliphatic heterocycles. The second kappa shape index (κ2) is 5.80. The fraction of sp³-hybridized carbons (Fsp3) is 0.917. The molecule has 0 unspecified atom stereocenters. The van der Waals surface area contributed by atoms with Crippen molar-refractivity contribution < 1.29 is 19.1 Å². The SMILES string of the molecule is CCONC(=O)CC1CCC2(CC1)OCCO2. The van der Waals surface area contributed by atoms with Crippen LogP contribution in [0.25, 0.3) is 0 Å². The van der Waals surface area contributed by atoms with Gasteiger partial charge in [0.05, 0.1) is 19.8 Å². The molecule has 0 radical (unpaired) electrons. The lowest BCUT2D eigenvalue weighted by atomic mass is 9.83. The van der Waals surface area contributed by atoms with E-state index in [1.807, 2.05) is 6.92 Å². The van der Waals surface area contributed by atoms with E-state index < -0.39 is 0 Å². The minimum atomic E-state index is -0.326. The van der Waals surface area contributed by atoms with Gasteiger partial charge in [-0.05, 0) is 25.7 Å². The van der Waals surface area contributed by atoms with Crippen LogP contribution in [-0.2, 0) is 19.1 Å². The van der Waals surface area contributed by atoms with Gasteiger partial charge in [0, 0.05) is 19.3 Å². The predicted molar refractivity (Wildman–Crippen MR) is 61.0 cm³/mol. The van der Waals surface area contributed by atoms with Crippen molar-refractivity contribution in [3.8, 4) is 0 Å². The van der Waals surface area contributed by atoms with Crippen molar-refractivity contribution in [3.05, 3.63) is 0 Å². The molecule has 2 fully saturated rings. The molecular formula is C12H21NO4. The zero-order valence-corrected chi connectivity index (χ0v) is 10.4. The minimum absolute atomic E-state index is 0.0268. The lowest BCUT2D eigenvalue weighted by Crippen LogP contribution is -2.36. The summed E-state index contributed by atoms with van der Waals surface area (Å²) in [6, 6.07) is 0. The Hall–Kier alpha value is -0.650. The van der Waals surface area contributed by atoms with Crippen molar-refractivity contribution >= 4 is 5.91 Å². The maximum atomic E-state index is 11.5. The smallest absolute Gasteiger partial charge is 0.243 e. The van der Waals surface area contributed by atoms with Crippen LogP contribution in [0.1, 0.15) is 39.0 Å². The van der Waals surface area contributed by atoms with Gasteiger partial charge in [0.2, 0.25) is 5.91 Å². The van der Waals surface area contributed by atoms with Crippen molar-refractivity contribution in [1.29, 1.82) is 0 Å². The zero-order chi connectivity index (χ0) is 12.1. The number of rotatable bonds is 4. The Morgan fingerprint density at radius 1 is 1.35 bits per heavy atom. The van der Waals surface area contributed by atoms with Crippen LogP contribution in [-0.4, -0.2) is 31.5 Å². The van der Waals surface area contributed by atoms with Crippen molar-refractivity contribution in [3.63, 3.8) is 0 Å². The van der Waals surface area contributed by atoms with Crippen molar-refractivity contribution in [2.45, 2.75) is 44.8 Å². The molecule has 0 bridgehead atoms. The topological polar surface area (TPSA) is 56.8 Å². The molecular weight excluding hydrogens is 222 g/mol. The van der Waals surface area contributed by atoms with Gasteiger partial charge in [-0.3, -0.25) is 9.63 Å². The molecule has 0 aromatic heterocycles. The van der Waals surface area contributed by atoms with Crippen LogP contribution >= 0.6 is 0 Å². The summed E-state index contributed by atoms with van der Waals surface area (Å²) in [6.07, 6.45) is 4.31. The van der Waals surface area contributed by atoms with Crippen LogP contribution in [0.2, 0.25) is 0 Å². The van der Waals surface area contributed by atoms with E-state index in [9.17, 15) is 4.79 Å². The van der Waals surface area contributed by atoms with Crippen molar-refractivity contribution in [1.82, 2.24) is 5.48 Å².